The predicted octanol–water partition coefficient (Wildman–Crippen LogP) is 3.74. The van der Waals surface area contributed by atoms with Gasteiger partial charge >= 0.3 is 6.03 Å². The minimum atomic E-state index is -0.216. The van der Waals surface area contributed by atoms with Crippen LogP contribution in [-0.2, 0) is 6.42 Å². The second-order valence-electron chi connectivity index (χ2n) is 7.35. The maximum atomic E-state index is 13.0. The average molecular weight is 383 g/mol. The molecule has 1 saturated heterocycles. The molecular weight excluding hydrogens is 357 g/mol. The number of hydrogen-bond donors (Lipinski definition) is 2. The highest BCUT2D eigenvalue weighted by molar-refractivity contribution is 5.97. The van der Waals surface area contributed by atoms with Gasteiger partial charge < -0.3 is 5.32 Å². The van der Waals surface area contributed by atoms with Gasteiger partial charge in [-0.25, -0.2) is 9.18 Å². The van der Waals surface area contributed by atoms with Gasteiger partial charge in [0.1, 0.15) is 5.82 Å². The molecule has 0 aromatic heterocycles. The zero-order valence-corrected chi connectivity index (χ0v) is 16.2. The van der Waals surface area contributed by atoms with Crippen LogP contribution >= 0.6 is 0 Å². The fourth-order valence-electron chi connectivity index (χ4n) is 3.46. The van der Waals surface area contributed by atoms with Gasteiger partial charge in [0.2, 0.25) is 0 Å². The summed E-state index contributed by atoms with van der Waals surface area (Å²) >= 11 is 0. The third-order valence-corrected chi connectivity index (χ3v) is 5.20. The third-order valence-electron chi connectivity index (χ3n) is 5.20. The Bertz CT molecular complexity index is 830. The highest BCUT2D eigenvalue weighted by Gasteiger charge is 2.23. The van der Waals surface area contributed by atoms with Gasteiger partial charge in [-0.1, -0.05) is 24.3 Å². The average Bonchev–Trinajstić information content (AvgIpc) is 2.70. The lowest BCUT2D eigenvalue weighted by Gasteiger charge is -2.32. The van der Waals surface area contributed by atoms with Crippen LogP contribution in [0.2, 0.25) is 0 Å². The van der Waals surface area contributed by atoms with Crippen LogP contribution in [0.4, 0.5) is 14.9 Å². The van der Waals surface area contributed by atoms with Gasteiger partial charge in [0.25, 0.3) is 0 Å². The van der Waals surface area contributed by atoms with Crippen molar-refractivity contribution in [3.05, 3.63) is 65.5 Å². The summed E-state index contributed by atoms with van der Waals surface area (Å²) in [5, 5.41) is 6.38. The van der Waals surface area contributed by atoms with Crippen LogP contribution in [-0.4, -0.2) is 31.6 Å². The van der Waals surface area contributed by atoms with E-state index in [1.807, 2.05) is 12.1 Å². The molecule has 1 aliphatic rings. The first-order chi connectivity index (χ1) is 13.4. The monoisotopic (exact) mass is 383 g/mol. The standard InChI is InChI=1S/C22H26FN3O2/c1-15(27)18-4-3-5-20(13-18)26(2)22(28)25-21-11-8-17(14-24-21)12-16-6-9-19(23)10-7-16/h3-7,9-10,13,17,21,24H,8,11-12,14H2,1-2H3,(H,25,28). The number of carbonyl (C=O) groups excluding carboxylic acids is 2. The zero-order chi connectivity index (χ0) is 20.1. The number of halogens is 1. The topological polar surface area (TPSA) is 61.4 Å². The number of anilines is 1. The molecule has 2 amide bonds. The van der Waals surface area contributed by atoms with Crippen LogP contribution in [0, 0.1) is 11.7 Å². The molecule has 3 rings (SSSR count). The summed E-state index contributed by atoms with van der Waals surface area (Å²) in [7, 11) is 1.69. The van der Waals surface area contributed by atoms with Crippen molar-refractivity contribution in [3.8, 4) is 0 Å². The lowest BCUT2D eigenvalue weighted by Crippen LogP contribution is -2.53. The highest BCUT2D eigenvalue weighted by atomic mass is 19.1. The summed E-state index contributed by atoms with van der Waals surface area (Å²) < 4.78 is 13.0. The quantitative estimate of drug-likeness (QED) is 0.773. The van der Waals surface area contributed by atoms with E-state index in [1.165, 1.54) is 24.0 Å². The molecular formula is C22H26FN3O2. The number of hydrogen-bond acceptors (Lipinski definition) is 3. The Morgan fingerprint density at radius 1 is 1.18 bits per heavy atom. The Hall–Kier alpha value is -2.73. The van der Waals surface area contributed by atoms with E-state index in [0.29, 0.717) is 17.2 Å². The van der Waals surface area contributed by atoms with Crippen LogP contribution in [0.1, 0.15) is 35.7 Å². The Morgan fingerprint density at radius 2 is 1.93 bits per heavy atom. The van der Waals surface area contributed by atoms with Crippen molar-refractivity contribution in [2.75, 3.05) is 18.5 Å². The summed E-state index contributed by atoms with van der Waals surface area (Å²) in [5.74, 6) is 0.214. The fourth-order valence-corrected chi connectivity index (χ4v) is 3.46. The van der Waals surface area contributed by atoms with Crippen LogP contribution in [0.15, 0.2) is 48.5 Å². The van der Waals surface area contributed by atoms with Gasteiger partial charge in [-0.05, 0) is 61.9 Å². The van der Waals surface area contributed by atoms with E-state index < -0.39 is 0 Å². The summed E-state index contributed by atoms with van der Waals surface area (Å²) in [6.07, 6.45) is 2.62. The molecule has 0 aliphatic carbocycles. The lowest BCUT2D eigenvalue weighted by molar-refractivity contribution is 0.101. The fraction of sp³-hybridized carbons (Fsp3) is 0.364. The third kappa shape index (κ3) is 5.16. The first kappa shape index (κ1) is 20.0. The molecule has 0 saturated carbocycles. The minimum absolute atomic E-state index is 0.0307. The number of piperidine rings is 1. The molecule has 2 unspecified atom stereocenters. The number of rotatable bonds is 5. The second kappa shape index (κ2) is 8.97. The van der Waals surface area contributed by atoms with E-state index in [2.05, 4.69) is 10.6 Å². The summed E-state index contributed by atoms with van der Waals surface area (Å²) in [4.78, 5) is 25.6. The van der Waals surface area contributed by atoms with Gasteiger partial charge in [0, 0.05) is 24.8 Å². The normalized spacial score (nSPS) is 19.1. The first-order valence-corrected chi connectivity index (χ1v) is 9.55. The van der Waals surface area contributed by atoms with Crippen LogP contribution < -0.4 is 15.5 Å². The van der Waals surface area contributed by atoms with E-state index in [4.69, 9.17) is 0 Å². The van der Waals surface area contributed by atoms with E-state index >= 15 is 0 Å². The minimum Gasteiger partial charge on any atom is -0.322 e. The van der Waals surface area contributed by atoms with Crippen molar-refractivity contribution in [1.29, 1.82) is 0 Å². The Kier molecular flexibility index (Phi) is 6.41. The molecule has 2 N–H and O–H groups in total. The maximum Gasteiger partial charge on any atom is 0.322 e. The molecule has 5 nitrogen and oxygen atoms in total. The van der Waals surface area contributed by atoms with Crippen LogP contribution in [0.5, 0.6) is 0 Å². The smallest absolute Gasteiger partial charge is 0.322 e. The highest BCUT2D eigenvalue weighted by Crippen LogP contribution is 2.20. The molecule has 1 heterocycles. The van der Waals surface area contributed by atoms with Crippen LogP contribution in [0.25, 0.3) is 0 Å². The predicted molar refractivity (Wildman–Crippen MR) is 108 cm³/mol. The Morgan fingerprint density at radius 3 is 2.57 bits per heavy atom. The Balaban J connectivity index is 1.49. The zero-order valence-electron chi connectivity index (χ0n) is 16.2. The van der Waals surface area contributed by atoms with Crippen molar-refractivity contribution in [2.24, 2.45) is 5.92 Å². The summed E-state index contributed by atoms with van der Waals surface area (Å²) in [6, 6.07) is 13.5. The molecule has 2 atom stereocenters. The van der Waals surface area contributed by atoms with E-state index in [-0.39, 0.29) is 23.8 Å². The van der Waals surface area contributed by atoms with Crippen molar-refractivity contribution in [1.82, 2.24) is 10.6 Å². The van der Waals surface area contributed by atoms with E-state index in [9.17, 15) is 14.0 Å². The number of nitrogens with one attached hydrogen (secondary N) is 2. The molecule has 0 radical (unpaired) electrons. The molecule has 2 aromatic carbocycles. The summed E-state index contributed by atoms with van der Waals surface area (Å²) in [5.41, 5.74) is 2.38. The molecule has 0 bridgehead atoms. The van der Waals surface area contributed by atoms with Gasteiger partial charge in [-0.15, -0.1) is 0 Å². The van der Waals surface area contributed by atoms with E-state index in [1.54, 1.807) is 31.3 Å². The number of benzene rings is 2. The van der Waals surface area contributed by atoms with Crippen molar-refractivity contribution in [3.63, 3.8) is 0 Å². The SMILES string of the molecule is CC(=O)c1cccc(N(C)C(=O)NC2CCC(Cc3ccc(F)cc3)CN2)c1. The van der Waals surface area contributed by atoms with Gasteiger partial charge in [-0.3, -0.25) is 15.0 Å². The molecule has 2 aromatic rings. The molecule has 1 aliphatic heterocycles. The first-order valence-electron chi connectivity index (χ1n) is 9.55. The lowest BCUT2D eigenvalue weighted by atomic mass is 9.91. The van der Waals surface area contributed by atoms with Gasteiger partial charge in [-0.2, -0.15) is 0 Å². The molecule has 1 fully saturated rings. The number of ketones is 1. The van der Waals surface area contributed by atoms with Gasteiger partial charge in [0.15, 0.2) is 5.78 Å². The van der Waals surface area contributed by atoms with Crippen molar-refractivity contribution in [2.45, 2.75) is 32.4 Å². The number of Topliss-reactive ketones (excluding diaryl/α,β-unsaturated/α-hetero) is 1. The number of urea groups is 1. The summed E-state index contributed by atoms with van der Waals surface area (Å²) in [6.45, 7) is 2.30. The van der Waals surface area contributed by atoms with Gasteiger partial charge in [0.05, 0.1) is 6.17 Å². The largest absolute Gasteiger partial charge is 0.322 e. The van der Waals surface area contributed by atoms with E-state index in [0.717, 1.165) is 31.4 Å². The molecule has 0 spiro atoms. The molecule has 28 heavy (non-hydrogen) atoms. The second-order valence-corrected chi connectivity index (χ2v) is 7.35. The van der Waals surface area contributed by atoms with Crippen molar-refractivity contribution >= 4 is 17.5 Å². The number of amides is 2. The number of carbonyl (C=O) groups is 2. The molecule has 148 valence electrons. The van der Waals surface area contributed by atoms with Crippen LogP contribution in [0.3, 0.4) is 0 Å². The van der Waals surface area contributed by atoms with Crippen molar-refractivity contribution < 1.29 is 14.0 Å². The Labute approximate surface area is 164 Å². The molecule has 6 heteroatoms. The number of nitrogens with zero attached hydrogens (tertiary/aromatic N) is 1. The maximum absolute atomic E-state index is 13.0.